The Balaban J connectivity index is 1.25. The summed E-state index contributed by atoms with van der Waals surface area (Å²) in [5.41, 5.74) is 2.36. The Hall–Kier alpha value is -3.00. The van der Waals surface area contributed by atoms with Crippen LogP contribution < -0.4 is 0 Å². The summed E-state index contributed by atoms with van der Waals surface area (Å²) in [6, 6.07) is 6.38. The first-order valence-corrected chi connectivity index (χ1v) is 12.2. The highest BCUT2D eigenvalue weighted by Crippen LogP contribution is 2.42. The van der Waals surface area contributed by atoms with Crippen molar-refractivity contribution in [2.24, 2.45) is 0 Å². The second-order valence-electron chi connectivity index (χ2n) is 9.55. The van der Waals surface area contributed by atoms with Crippen LogP contribution in [0.15, 0.2) is 35.0 Å². The summed E-state index contributed by atoms with van der Waals surface area (Å²) in [7, 11) is 0. The summed E-state index contributed by atoms with van der Waals surface area (Å²) in [6.45, 7) is 5.42. The highest BCUT2D eigenvalue weighted by Gasteiger charge is 2.36. The van der Waals surface area contributed by atoms with Crippen LogP contribution in [0.25, 0.3) is 17.4 Å². The number of amides is 1. The van der Waals surface area contributed by atoms with Gasteiger partial charge in [-0.2, -0.15) is 5.10 Å². The SMILES string of the molecule is Cc1ccc(-c2ccnc(-n3ncc(C(=O)N4CCN(C5CCCC5)CC4)c3C3CC3)n2)o1. The van der Waals surface area contributed by atoms with Crippen LogP contribution in [0.4, 0.5) is 0 Å². The first-order valence-electron chi connectivity index (χ1n) is 12.2. The summed E-state index contributed by atoms with van der Waals surface area (Å²) in [4.78, 5) is 27.3. The number of furan rings is 1. The smallest absolute Gasteiger partial charge is 0.257 e. The first kappa shape index (κ1) is 20.6. The van der Waals surface area contributed by atoms with Gasteiger partial charge in [-0.1, -0.05) is 12.8 Å². The van der Waals surface area contributed by atoms with E-state index in [2.05, 4.69) is 15.0 Å². The predicted molar refractivity (Wildman–Crippen MR) is 123 cm³/mol. The molecule has 1 saturated heterocycles. The Bertz CT molecular complexity index is 1150. The van der Waals surface area contributed by atoms with E-state index in [-0.39, 0.29) is 5.91 Å². The number of nitrogens with zero attached hydrogens (tertiary/aromatic N) is 6. The number of rotatable bonds is 5. The summed E-state index contributed by atoms with van der Waals surface area (Å²) in [5, 5.41) is 4.58. The Morgan fingerprint density at radius 1 is 1.03 bits per heavy atom. The molecule has 3 fully saturated rings. The van der Waals surface area contributed by atoms with Crippen molar-refractivity contribution < 1.29 is 9.21 Å². The van der Waals surface area contributed by atoms with Crippen LogP contribution in [0.3, 0.4) is 0 Å². The van der Waals surface area contributed by atoms with Gasteiger partial charge in [0.2, 0.25) is 0 Å². The van der Waals surface area contributed by atoms with Gasteiger partial charge in [-0.05, 0) is 50.8 Å². The average molecular weight is 447 g/mol. The molecule has 172 valence electrons. The maximum atomic E-state index is 13.5. The second kappa shape index (κ2) is 8.41. The van der Waals surface area contributed by atoms with E-state index >= 15 is 0 Å². The predicted octanol–water partition coefficient (Wildman–Crippen LogP) is 3.81. The van der Waals surface area contributed by atoms with Crippen molar-refractivity contribution >= 4 is 5.91 Å². The molecule has 3 aliphatic rings. The van der Waals surface area contributed by atoms with Gasteiger partial charge < -0.3 is 9.32 Å². The van der Waals surface area contributed by atoms with E-state index in [1.54, 1.807) is 17.1 Å². The minimum absolute atomic E-state index is 0.0898. The largest absolute Gasteiger partial charge is 0.460 e. The van der Waals surface area contributed by atoms with Crippen LogP contribution in [0.2, 0.25) is 0 Å². The van der Waals surface area contributed by atoms with Gasteiger partial charge in [0.15, 0.2) is 5.76 Å². The lowest BCUT2D eigenvalue weighted by Gasteiger charge is -2.38. The molecule has 2 saturated carbocycles. The molecule has 2 aliphatic carbocycles. The summed E-state index contributed by atoms with van der Waals surface area (Å²) >= 11 is 0. The summed E-state index contributed by atoms with van der Waals surface area (Å²) in [5.74, 6) is 2.45. The van der Waals surface area contributed by atoms with E-state index in [0.29, 0.717) is 28.9 Å². The van der Waals surface area contributed by atoms with Crippen LogP contribution in [0.1, 0.15) is 66.3 Å². The van der Waals surface area contributed by atoms with Crippen molar-refractivity contribution in [1.82, 2.24) is 29.5 Å². The number of hydrogen-bond donors (Lipinski definition) is 0. The molecule has 3 aromatic heterocycles. The van der Waals surface area contributed by atoms with Gasteiger partial charge in [-0.15, -0.1) is 0 Å². The van der Waals surface area contributed by atoms with Crippen molar-refractivity contribution in [3.05, 3.63) is 47.6 Å². The third-order valence-electron chi connectivity index (χ3n) is 7.27. The fourth-order valence-corrected chi connectivity index (χ4v) is 5.32. The second-order valence-corrected chi connectivity index (χ2v) is 9.55. The lowest BCUT2D eigenvalue weighted by Crippen LogP contribution is -2.51. The molecular formula is C25H30N6O2. The fraction of sp³-hybridized carbons (Fsp3) is 0.520. The molecule has 8 heteroatoms. The highest BCUT2D eigenvalue weighted by molar-refractivity contribution is 5.95. The maximum Gasteiger partial charge on any atom is 0.257 e. The normalized spacial score (nSPS) is 20.0. The number of carbonyl (C=O) groups excluding carboxylic acids is 1. The number of carbonyl (C=O) groups is 1. The van der Waals surface area contributed by atoms with Crippen molar-refractivity contribution in [3.63, 3.8) is 0 Å². The fourth-order valence-electron chi connectivity index (χ4n) is 5.32. The third kappa shape index (κ3) is 3.97. The van der Waals surface area contributed by atoms with E-state index in [9.17, 15) is 4.79 Å². The zero-order chi connectivity index (χ0) is 22.4. The minimum atomic E-state index is 0.0898. The number of aromatic nitrogens is 4. The third-order valence-corrected chi connectivity index (χ3v) is 7.27. The van der Waals surface area contributed by atoms with Gasteiger partial charge >= 0.3 is 0 Å². The Kier molecular flexibility index (Phi) is 5.25. The van der Waals surface area contributed by atoms with Crippen molar-refractivity contribution in [1.29, 1.82) is 0 Å². The van der Waals surface area contributed by atoms with Crippen LogP contribution in [-0.2, 0) is 0 Å². The van der Waals surface area contributed by atoms with Crippen LogP contribution in [0, 0.1) is 6.92 Å². The molecule has 1 aliphatic heterocycles. The molecule has 3 aromatic rings. The average Bonchev–Trinajstić information content (AvgIpc) is 3.23. The molecule has 0 N–H and O–H groups in total. The molecule has 33 heavy (non-hydrogen) atoms. The van der Waals surface area contributed by atoms with Gasteiger partial charge in [-0.3, -0.25) is 9.69 Å². The molecular weight excluding hydrogens is 416 g/mol. The number of piperazine rings is 1. The first-order chi connectivity index (χ1) is 16.2. The van der Waals surface area contributed by atoms with E-state index in [1.165, 1.54) is 25.7 Å². The monoisotopic (exact) mass is 446 g/mol. The summed E-state index contributed by atoms with van der Waals surface area (Å²) in [6.07, 6.45) is 10.9. The molecule has 1 amide bonds. The lowest BCUT2D eigenvalue weighted by atomic mass is 10.1. The molecule has 0 radical (unpaired) electrons. The van der Waals surface area contributed by atoms with E-state index < -0.39 is 0 Å². The van der Waals surface area contributed by atoms with Gasteiger partial charge in [0.1, 0.15) is 11.5 Å². The minimum Gasteiger partial charge on any atom is -0.460 e. The summed E-state index contributed by atoms with van der Waals surface area (Å²) < 4.78 is 7.50. The van der Waals surface area contributed by atoms with Gasteiger partial charge in [0.05, 0.1) is 17.5 Å². The topological polar surface area (TPSA) is 80.3 Å². The van der Waals surface area contributed by atoms with Crippen LogP contribution in [-0.4, -0.2) is 67.7 Å². The van der Waals surface area contributed by atoms with Gasteiger partial charge in [0.25, 0.3) is 11.9 Å². The maximum absolute atomic E-state index is 13.5. The Morgan fingerprint density at radius 2 is 1.82 bits per heavy atom. The molecule has 0 spiro atoms. The quantitative estimate of drug-likeness (QED) is 0.593. The zero-order valence-corrected chi connectivity index (χ0v) is 19.1. The molecule has 8 nitrogen and oxygen atoms in total. The molecule has 6 rings (SSSR count). The number of hydrogen-bond acceptors (Lipinski definition) is 6. The van der Waals surface area contributed by atoms with Crippen molar-refractivity contribution in [2.45, 2.75) is 57.4 Å². The van der Waals surface area contributed by atoms with Gasteiger partial charge in [-0.25, -0.2) is 14.6 Å². The van der Waals surface area contributed by atoms with Crippen LogP contribution >= 0.6 is 0 Å². The standard InChI is InChI=1S/C25H30N6O2/c1-17-6-9-22(33-17)21-10-11-26-25(28-21)31-23(18-7-8-18)20(16-27-31)24(32)30-14-12-29(13-15-30)19-4-2-3-5-19/h6,9-11,16,18-19H,2-5,7-8,12-15H2,1H3. The molecule has 4 heterocycles. The van der Waals surface area contributed by atoms with E-state index in [0.717, 1.165) is 56.5 Å². The van der Waals surface area contributed by atoms with Crippen LogP contribution in [0.5, 0.6) is 0 Å². The molecule has 0 bridgehead atoms. The van der Waals surface area contributed by atoms with E-state index in [1.807, 2.05) is 30.0 Å². The molecule has 0 unspecified atom stereocenters. The molecule has 0 atom stereocenters. The van der Waals surface area contributed by atoms with Crippen molar-refractivity contribution in [2.75, 3.05) is 26.2 Å². The lowest BCUT2D eigenvalue weighted by molar-refractivity contribution is 0.0572. The van der Waals surface area contributed by atoms with E-state index in [4.69, 9.17) is 9.40 Å². The molecule has 0 aromatic carbocycles. The Labute approximate surface area is 193 Å². The zero-order valence-electron chi connectivity index (χ0n) is 19.1. The van der Waals surface area contributed by atoms with Crippen molar-refractivity contribution in [3.8, 4) is 17.4 Å². The Morgan fingerprint density at radius 3 is 2.52 bits per heavy atom. The van der Waals surface area contributed by atoms with Gasteiger partial charge in [0, 0.05) is 44.3 Å². The highest BCUT2D eigenvalue weighted by atomic mass is 16.3. The number of aryl methyl sites for hydroxylation is 1.